The van der Waals surface area contributed by atoms with Gasteiger partial charge in [-0.3, -0.25) is 14.9 Å². The van der Waals surface area contributed by atoms with Gasteiger partial charge in [0.2, 0.25) is 0 Å². The second-order valence-corrected chi connectivity index (χ2v) is 5.57. The number of rotatable bonds is 2. The molecule has 2 aliphatic heterocycles. The van der Waals surface area contributed by atoms with E-state index in [1.54, 1.807) is 5.01 Å². The lowest BCUT2D eigenvalue weighted by Gasteiger charge is -2.21. The molecule has 0 radical (unpaired) electrons. The molecule has 1 aromatic carbocycles. The first-order chi connectivity index (χ1) is 11.7. The maximum absolute atomic E-state index is 11.9. The summed E-state index contributed by atoms with van der Waals surface area (Å²) in [6, 6.07) is 5.67. The van der Waals surface area contributed by atoms with Crippen molar-refractivity contribution in [2.75, 3.05) is 19.0 Å². The molecule has 0 amide bonds. The van der Waals surface area contributed by atoms with Gasteiger partial charge in [0.15, 0.2) is 5.84 Å². The zero-order valence-corrected chi connectivity index (χ0v) is 13.1. The molecule has 9 nitrogen and oxygen atoms in total. The predicted octanol–water partition coefficient (Wildman–Crippen LogP) is 1.10. The lowest BCUT2D eigenvalue weighted by atomic mass is 10.0. The number of hydrogen-bond acceptors (Lipinski definition) is 8. The van der Waals surface area contributed by atoms with Crippen LogP contribution in [0.2, 0.25) is 0 Å². The van der Waals surface area contributed by atoms with E-state index in [1.807, 2.05) is 25.1 Å². The van der Waals surface area contributed by atoms with Crippen LogP contribution in [0.4, 0.5) is 5.69 Å². The Kier molecular flexibility index (Phi) is 3.26. The molecule has 0 saturated carbocycles. The highest BCUT2D eigenvalue weighted by atomic mass is 16.5. The fourth-order valence-electron chi connectivity index (χ4n) is 2.93. The number of carbonyl (C=O) groups is 1. The Morgan fingerprint density at radius 1 is 1.46 bits per heavy atom. The first kappa shape index (κ1) is 14.4. The van der Waals surface area contributed by atoms with Gasteiger partial charge in [0.1, 0.15) is 17.6 Å². The van der Waals surface area contributed by atoms with Crippen LogP contribution in [0, 0.1) is 5.92 Å². The van der Waals surface area contributed by atoms with E-state index in [2.05, 4.69) is 30.8 Å². The van der Waals surface area contributed by atoms with Crippen molar-refractivity contribution in [3.8, 4) is 0 Å². The molecule has 1 atom stereocenters. The summed E-state index contributed by atoms with van der Waals surface area (Å²) in [7, 11) is 1.39. The molecule has 2 aliphatic rings. The van der Waals surface area contributed by atoms with Crippen molar-refractivity contribution in [1.29, 1.82) is 0 Å². The normalized spacial score (nSPS) is 19.5. The zero-order valence-electron chi connectivity index (χ0n) is 13.1. The molecule has 9 heteroatoms. The number of aromatic nitrogens is 3. The van der Waals surface area contributed by atoms with E-state index in [4.69, 9.17) is 4.74 Å². The average Bonchev–Trinajstić information content (AvgIpc) is 3.19. The van der Waals surface area contributed by atoms with E-state index in [1.165, 1.54) is 13.4 Å². The number of H-pyrrole nitrogens is 1. The van der Waals surface area contributed by atoms with Gasteiger partial charge >= 0.3 is 5.97 Å². The molecule has 0 aliphatic carbocycles. The standard InChI is InChI=1S/C15H15N7O2/c1-8-10(15(23)24-2)6-22-13(8)14(16-7-17-22)18-9-3-4-11-12(5-9)20-21-19-11/h3-5,7,10H,6H2,1-2H3,(H,16,17,18)(H,19,20,21). The van der Waals surface area contributed by atoms with E-state index >= 15 is 0 Å². The van der Waals surface area contributed by atoms with Crippen LogP contribution in [0.3, 0.4) is 0 Å². The molecule has 0 fully saturated rings. The highest BCUT2D eigenvalue weighted by molar-refractivity contribution is 6.12. The van der Waals surface area contributed by atoms with E-state index in [-0.39, 0.29) is 11.9 Å². The number of hydrazone groups is 1. The molecule has 0 saturated heterocycles. The minimum Gasteiger partial charge on any atom is -0.469 e. The van der Waals surface area contributed by atoms with Gasteiger partial charge in [-0.25, -0.2) is 4.99 Å². The molecule has 122 valence electrons. The summed E-state index contributed by atoms with van der Waals surface area (Å²) in [6.07, 6.45) is 1.47. The van der Waals surface area contributed by atoms with Crippen LogP contribution in [-0.4, -0.2) is 52.2 Å². The fraction of sp³-hybridized carbons (Fsp3) is 0.267. The number of aromatic amines is 1. The van der Waals surface area contributed by atoms with Gasteiger partial charge in [-0.2, -0.15) is 5.10 Å². The number of fused-ring (bicyclic) bond motifs is 2. The molecule has 0 spiro atoms. The number of ether oxygens (including phenoxy) is 1. The molecule has 0 bridgehead atoms. The Labute approximate surface area is 137 Å². The number of amidine groups is 1. The first-order valence-electron chi connectivity index (χ1n) is 7.42. The molecular formula is C15H15N7O2. The van der Waals surface area contributed by atoms with Gasteiger partial charge in [-0.05, 0) is 30.7 Å². The summed E-state index contributed by atoms with van der Waals surface area (Å²) < 4.78 is 4.87. The van der Waals surface area contributed by atoms with E-state index in [9.17, 15) is 4.79 Å². The molecule has 2 N–H and O–H groups in total. The Hall–Kier alpha value is -3.23. The SMILES string of the molecule is COC(=O)C1CN2N=CN=C(Nc3ccc4[nH]nnc4c3)C2=C1C. The summed E-state index contributed by atoms with van der Waals surface area (Å²) in [4.78, 5) is 16.3. The van der Waals surface area contributed by atoms with Crippen LogP contribution in [0.25, 0.3) is 11.0 Å². The number of carbonyl (C=O) groups excluding carboxylic acids is 1. The van der Waals surface area contributed by atoms with Gasteiger partial charge in [0.25, 0.3) is 0 Å². The third kappa shape index (κ3) is 2.21. The molecule has 4 rings (SSSR count). The largest absolute Gasteiger partial charge is 0.469 e. The van der Waals surface area contributed by atoms with Gasteiger partial charge < -0.3 is 10.1 Å². The van der Waals surface area contributed by atoms with E-state index < -0.39 is 0 Å². The summed E-state index contributed by atoms with van der Waals surface area (Å²) in [5, 5.41) is 19.8. The van der Waals surface area contributed by atoms with Gasteiger partial charge in [-0.15, -0.1) is 5.10 Å². The van der Waals surface area contributed by atoms with Crippen molar-refractivity contribution in [3.63, 3.8) is 0 Å². The highest BCUT2D eigenvalue weighted by Gasteiger charge is 2.37. The maximum Gasteiger partial charge on any atom is 0.314 e. The van der Waals surface area contributed by atoms with Crippen molar-refractivity contribution in [3.05, 3.63) is 29.5 Å². The molecule has 24 heavy (non-hydrogen) atoms. The number of hydrogen-bond donors (Lipinski definition) is 2. The average molecular weight is 325 g/mol. The minimum absolute atomic E-state index is 0.270. The van der Waals surface area contributed by atoms with Crippen LogP contribution in [0.15, 0.2) is 39.6 Å². The second kappa shape index (κ2) is 5.44. The lowest BCUT2D eigenvalue weighted by Crippen LogP contribution is -2.29. The Morgan fingerprint density at radius 2 is 2.33 bits per heavy atom. The number of esters is 1. The number of anilines is 1. The maximum atomic E-state index is 11.9. The fourth-order valence-corrected chi connectivity index (χ4v) is 2.93. The summed E-state index contributed by atoms with van der Waals surface area (Å²) in [5.74, 6) is 0.0231. The minimum atomic E-state index is -0.342. The smallest absolute Gasteiger partial charge is 0.314 e. The second-order valence-electron chi connectivity index (χ2n) is 5.57. The van der Waals surface area contributed by atoms with Crippen molar-refractivity contribution < 1.29 is 9.53 Å². The monoisotopic (exact) mass is 325 g/mol. The van der Waals surface area contributed by atoms with E-state index in [0.717, 1.165) is 28.0 Å². The molecule has 2 aromatic rings. The van der Waals surface area contributed by atoms with Gasteiger partial charge in [0, 0.05) is 5.69 Å². The van der Waals surface area contributed by atoms with Crippen molar-refractivity contribution in [2.45, 2.75) is 6.92 Å². The number of methoxy groups -OCH3 is 1. The molecule has 1 unspecified atom stereocenters. The Bertz CT molecular complexity index is 911. The van der Waals surface area contributed by atoms with Crippen LogP contribution in [-0.2, 0) is 9.53 Å². The zero-order chi connectivity index (χ0) is 16.7. The number of nitrogens with zero attached hydrogens (tertiary/aromatic N) is 5. The van der Waals surface area contributed by atoms with Crippen LogP contribution >= 0.6 is 0 Å². The molecule has 3 heterocycles. The summed E-state index contributed by atoms with van der Waals surface area (Å²) >= 11 is 0. The number of benzene rings is 1. The predicted molar refractivity (Wildman–Crippen MR) is 88.4 cm³/mol. The summed E-state index contributed by atoms with van der Waals surface area (Å²) in [6.45, 7) is 2.35. The highest BCUT2D eigenvalue weighted by Crippen LogP contribution is 2.32. The lowest BCUT2D eigenvalue weighted by molar-refractivity contribution is -0.144. The summed E-state index contributed by atoms with van der Waals surface area (Å²) in [5.41, 5.74) is 4.12. The van der Waals surface area contributed by atoms with Crippen LogP contribution in [0.1, 0.15) is 6.92 Å². The quantitative estimate of drug-likeness (QED) is 0.801. The topological polar surface area (TPSA) is 108 Å². The van der Waals surface area contributed by atoms with Crippen molar-refractivity contribution in [1.82, 2.24) is 20.4 Å². The molecular weight excluding hydrogens is 310 g/mol. The van der Waals surface area contributed by atoms with Crippen molar-refractivity contribution >= 4 is 34.9 Å². The van der Waals surface area contributed by atoms with Gasteiger partial charge in [0.05, 0.1) is 25.1 Å². The third-order valence-electron chi connectivity index (χ3n) is 4.19. The van der Waals surface area contributed by atoms with E-state index in [0.29, 0.717) is 12.4 Å². The third-order valence-corrected chi connectivity index (χ3v) is 4.19. The Balaban J connectivity index is 1.66. The number of nitrogens with one attached hydrogen (secondary N) is 2. The van der Waals surface area contributed by atoms with Gasteiger partial charge in [-0.1, -0.05) is 5.21 Å². The number of aliphatic imine (C=N–C) groups is 1. The van der Waals surface area contributed by atoms with Crippen LogP contribution in [0.5, 0.6) is 0 Å². The Morgan fingerprint density at radius 3 is 3.17 bits per heavy atom. The first-order valence-corrected chi connectivity index (χ1v) is 7.42. The van der Waals surface area contributed by atoms with Crippen molar-refractivity contribution in [2.24, 2.45) is 16.0 Å². The van der Waals surface area contributed by atoms with Crippen LogP contribution < -0.4 is 5.32 Å². The molecule has 1 aromatic heterocycles.